The average Bonchev–Trinajstić information content (AvgIpc) is 2.10. The molecule has 14 heavy (non-hydrogen) atoms. The van der Waals surface area contributed by atoms with Gasteiger partial charge in [-0.15, -0.1) is 0 Å². The third kappa shape index (κ3) is 3.21. The minimum absolute atomic E-state index is 0.0894. The predicted octanol–water partition coefficient (Wildman–Crippen LogP) is -0.972. The Balaban J connectivity index is 2.20. The summed E-state index contributed by atoms with van der Waals surface area (Å²) in [4.78, 5) is 25.0. The molecular weight excluding hydrogens is 186 g/mol. The molecule has 1 aliphatic heterocycles. The molecule has 0 radical (unpaired) electrons. The Morgan fingerprint density at radius 3 is 2.86 bits per heavy atom. The smallest absolute Gasteiger partial charge is 0.404 e. The summed E-state index contributed by atoms with van der Waals surface area (Å²) >= 11 is 0. The van der Waals surface area contributed by atoms with Gasteiger partial charge in [-0.05, 0) is 0 Å². The fraction of sp³-hybridized carbons (Fsp3) is 0.750. The van der Waals surface area contributed by atoms with Gasteiger partial charge >= 0.3 is 6.09 Å². The second kappa shape index (κ2) is 4.80. The van der Waals surface area contributed by atoms with Gasteiger partial charge in [0.2, 0.25) is 5.91 Å². The fourth-order valence-corrected chi connectivity index (χ4v) is 1.32. The number of hydrogen-bond donors (Lipinski definition) is 2. The van der Waals surface area contributed by atoms with Crippen LogP contribution in [0.3, 0.4) is 0 Å². The molecular formula is C8H15N3O3. The third-order valence-electron chi connectivity index (χ3n) is 2.24. The van der Waals surface area contributed by atoms with Crippen molar-refractivity contribution in [1.82, 2.24) is 15.1 Å². The van der Waals surface area contributed by atoms with Crippen LogP contribution in [0.1, 0.15) is 0 Å². The largest absolute Gasteiger partial charge is 0.465 e. The average molecular weight is 201 g/mol. The van der Waals surface area contributed by atoms with E-state index in [1.54, 1.807) is 11.9 Å². The molecule has 0 aromatic heterocycles. The minimum atomic E-state index is -1.02. The van der Waals surface area contributed by atoms with Crippen molar-refractivity contribution < 1.29 is 14.7 Å². The molecule has 2 N–H and O–H groups in total. The van der Waals surface area contributed by atoms with Gasteiger partial charge in [-0.3, -0.25) is 9.69 Å². The van der Waals surface area contributed by atoms with Crippen LogP contribution in [-0.2, 0) is 4.79 Å². The summed E-state index contributed by atoms with van der Waals surface area (Å²) in [6.07, 6.45) is -1.02. The van der Waals surface area contributed by atoms with E-state index in [0.717, 1.165) is 6.54 Å². The number of amides is 2. The van der Waals surface area contributed by atoms with Crippen molar-refractivity contribution in [2.75, 3.05) is 39.8 Å². The summed E-state index contributed by atoms with van der Waals surface area (Å²) < 4.78 is 0. The van der Waals surface area contributed by atoms with Gasteiger partial charge in [0.25, 0.3) is 0 Å². The lowest BCUT2D eigenvalue weighted by atomic mass is 10.3. The second-order valence-corrected chi connectivity index (χ2v) is 3.32. The lowest BCUT2D eigenvalue weighted by Crippen LogP contribution is -2.50. The number of rotatable bonds is 3. The van der Waals surface area contributed by atoms with Crippen LogP contribution in [-0.4, -0.2) is 66.7 Å². The molecule has 0 aliphatic carbocycles. The van der Waals surface area contributed by atoms with Crippen LogP contribution in [0.5, 0.6) is 0 Å². The van der Waals surface area contributed by atoms with Gasteiger partial charge in [0.05, 0.1) is 6.54 Å². The standard InChI is InChI=1S/C8H15N3O3/c1-10-4-5-11(6-7(10)12)3-2-9-8(13)14/h9H,2-6H2,1H3,(H,13,14). The highest BCUT2D eigenvalue weighted by atomic mass is 16.4. The normalized spacial score (nSPS) is 18.4. The van der Waals surface area contributed by atoms with E-state index in [2.05, 4.69) is 5.32 Å². The maximum Gasteiger partial charge on any atom is 0.404 e. The zero-order valence-corrected chi connectivity index (χ0v) is 8.19. The molecule has 6 heteroatoms. The molecule has 0 saturated carbocycles. The molecule has 1 heterocycles. The highest BCUT2D eigenvalue weighted by Gasteiger charge is 2.20. The van der Waals surface area contributed by atoms with Crippen LogP contribution in [0, 0.1) is 0 Å². The number of nitrogens with one attached hydrogen (secondary N) is 1. The van der Waals surface area contributed by atoms with E-state index >= 15 is 0 Å². The molecule has 6 nitrogen and oxygen atoms in total. The fourth-order valence-electron chi connectivity index (χ4n) is 1.32. The van der Waals surface area contributed by atoms with Crippen molar-refractivity contribution in [3.8, 4) is 0 Å². The Kier molecular flexibility index (Phi) is 3.70. The minimum Gasteiger partial charge on any atom is -0.465 e. The zero-order chi connectivity index (χ0) is 10.6. The van der Waals surface area contributed by atoms with Gasteiger partial charge in [0.1, 0.15) is 0 Å². The van der Waals surface area contributed by atoms with Crippen molar-refractivity contribution in [3.63, 3.8) is 0 Å². The van der Waals surface area contributed by atoms with E-state index in [-0.39, 0.29) is 5.91 Å². The van der Waals surface area contributed by atoms with E-state index in [0.29, 0.717) is 26.2 Å². The van der Waals surface area contributed by atoms with Crippen molar-refractivity contribution in [3.05, 3.63) is 0 Å². The van der Waals surface area contributed by atoms with E-state index in [1.807, 2.05) is 4.90 Å². The number of carbonyl (C=O) groups is 2. The topological polar surface area (TPSA) is 72.9 Å². The molecule has 0 unspecified atom stereocenters. The van der Waals surface area contributed by atoms with E-state index in [9.17, 15) is 9.59 Å². The van der Waals surface area contributed by atoms with Crippen molar-refractivity contribution in [1.29, 1.82) is 0 Å². The summed E-state index contributed by atoms with van der Waals surface area (Å²) in [6.45, 7) is 2.87. The molecule has 1 saturated heterocycles. The van der Waals surface area contributed by atoms with Crippen LogP contribution >= 0.6 is 0 Å². The first-order valence-corrected chi connectivity index (χ1v) is 4.52. The zero-order valence-electron chi connectivity index (χ0n) is 8.19. The van der Waals surface area contributed by atoms with Crippen LogP contribution in [0.2, 0.25) is 0 Å². The highest BCUT2D eigenvalue weighted by molar-refractivity contribution is 5.78. The lowest BCUT2D eigenvalue weighted by molar-refractivity contribution is -0.134. The summed E-state index contributed by atoms with van der Waals surface area (Å²) in [5, 5.41) is 10.6. The van der Waals surface area contributed by atoms with Crippen LogP contribution in [0.25, 0.3) is 0 Å². The Morgan fingerprint density at radius 2 is 2.29 bits per heavy atom. The molecule has 1 rings (SSSR count). The molecule has 0 aromatic carbocycles. The van der Waals surface area contributed by atoms with E-state index < -0.39 is 6.09 Å². The maximum atomic E-state index is 11.2. The molecule has 1 aliphatic rings. The quantitative estimate of drug-likeness (QED) is 0.616. The Hall–Kier alpha value is -1.30. The summed E-state index contributed by atoms with van der Waals surface area (Å²) in [6, 6.07) is 0. The van der Waals surface area contributed by atoms with Gasteiger partial charge in [0.15, 0.2) is 0 Å². The monoisotopic (exact) mass is 201 g/mol. The van der Waals surface area contributed by atoms with Crippen molar-refractivity contribution in [2.45, 2.75) is 0 Å². The third-order valence-corrected chi connectivity index (χ3v) is 2.24. The van der Waals surface area contributed by atoms with E-state index in [4.69, 9.17) is 5.11 Å². The first kappa shape index (κ1) is 10.8. The van der Waals surface area contributed by atoms with Crippen LogP contribution < -0.4 is 5.32 Å². The first-order valence-electron chi connectivity index (χ1n) is 4.52. The Bertz CT molecular complexity index is 232. The molecule has 0 bridgehead atoms. The number of piperazine rings is 1. The summed E-state index contributed by atoms with van der Waals surface area (Å²) in [5.74, 6) is 0.0894. The van der Waals surface area contributed by atoms with E-state index in [1.165, 1.54) is 0 Å². The SMILES string of the molecule is CN1CCN(CCNC(=O)O)CC1=O. The number of carboxylic acid groups (broad SMARTS) is 1. The van der Waals surface area contributed by atoms with Gasteiger partial charge < -0.3 is 15.3 Å². The van der Waals surface area contributed by atoms with Gasteiger partial charge in [0, 0.05) is 33.2 Å². The molecule has 0 spiro atoms. The number of carbonyl (C=O) groups excluding carboxylic acids is 1. The predicted molar refractivity (Wildman–Crippen MR) is 50.1 cm³/mol. The molecule has 0 aromatic rings. The van der Waals surface area contributed by atoms with Crippen LogP contribution in [0.15, 0.2) is 0 Å². The highest BCUT2D eigenvalue weighted by Crippen LogP contribution is 1.99. The maximum absolute atomic E-state index is 11.2. The van der Waals surface area contributed by atoms with Gasteiger partial charge in [-0.1, -0.05) is 0 Å². The summed E-state index contributed by atoms with van der Waals surface area (Å²) in [5.41, 5.74) is 0. The lowest BCUT2D eigenvalue weighted by Gasteiger charge is -2.31. The Labute approximate surface area is 82.5 Å². The molecule has 0 atom stereocenters. The number of nitrogens with zero attached hydrogens (tertiary/aromatic N) is 2. The number of likely N-dealkylation sites (N-methyl/N-ethyl adjacent to an activating group) is 1. The van der Waals surface area contributed by atoms with Crippen molar-refractivity contribution in [2.24, 2.45) is 0 Å². The first-order chi connectivity index (χ1) is 6.59. The number of hydrogen-bond acceptors (Lipinski definition) is 3. The van der Waals surface area contributed by atoms with Gasteiger partial charge in [-0.25, -0.2) is 4.79 Å². The van der Waals surface area contributed by atoms with Crippen molar-refractivity contribution >= 4 is 12.0 Å². The second-order valence-electron chi connectivity index (χ2n) is 3.32. The van der Waals surface area contributed by atoms with Gasteiger partial charge in [-0.2, -0.15) is 0 Å². The molecule has 1 fully saturated rings. The Morgan fingerprint density at radius 1 is 1.57 bits per heavy atom. The molecule has 80 valence electrons. The molecule has 2 amide bonds. The van der Waals surface area contributed by atoms with Crippen LogP contribution in [0.4, 0.5) is 4.79 Å². The summed E-state index contributed by atoms with van der Waals surface area (Å²) in [7, 11) is 1.77.